The molecular formula is C18H18FNO2. The Kier molecular flexibility index (Phi) is 3.75. The third-order valence-electron chi connectivity index (χ3n) is 3.68. The molecule has 2 aromatic carbocycles. The Hall–Kier alpha value is -2.49. The fraction of sp³-hybridized carbons (Fsp3) is 0.222. The Morgan fingerprint density at radius 1 is 1.18 bits per heavy atom. The fourth-order valence-corrected chi connectivity index (χ4v) is 2.57. The summed E-state index contributed by atoms with van der Waals surface area (Å²) in [6.45, 7) is 4.43. The maximum atomic E-state index is 13.6. The first kappa shape index (κ1) is 14.4. The molecular weight excluding hydrogens is 281 g/mol. The third-order valence-corrected chi connectivity index (χ3v) is 3.68. The summed E-state index contributed by atoms with van der Waals surface area (Å²) >= 11 is 0. The summed E-state index contributed by atoms with van der Waals surface area (Å²) in [5.41, 5.74) is 1.91. The molecule has 0 amide bonds. The highest BCUT2D eigenvalue weighted by Gasteiger charge is 2.12. The van der Waals surface area contributed by atoms with Gasteiger partial charge in [-0.1, -0.05) is 12.1 Å². The van der Waals surface area contributed by atoms with E-state index in [9.17, 15) is 9.50 Å². The number of rotatable bonds is 4. The van der Waals surface area contributed by atoms with Gasteiger partial charge < -0.3 is 14.4 Å². The quantitative estimate of drug-likeness (QED) is 0.761. The van der Waals surface area contributed by atoms with Crippen LogP contribution in [0.1, 0.15) is 25.5 Å². The average molecular weight is 299 g/mol. The lowest BCUT2D eigenvalue weighted by molar-refractivity contribution is 0.291. The normalized spacial score (nSPS) is 11.3. The van der Waals surface area contributed by atoms with Crippen molar-refractivity contribution in [2.24, 2.45) is 0 Å². The smallest absolute Gasteiger partial charge is 0.165 e. The second kappa shape index (κ2) is 5.72. The van der Waals surface area contributed by atoms with Gasteiger partial charge in [0.1, 0.15) is 12.4 Å². The van der Waals surface area contributed by atoms with Crippen LogP contribution >= 0.6 is 0 Å². The van der Waals surface area contributed by atoms with Gasteiger partial charge >= 0.3 is 0 Å². The predicted molar refractivity (Wildman–Crippen MR) is 84.7 cm³/mol. The van der Waals surface area contributed by atoms with E-state index in [1.165, 1.54) is 6.07 Å². The molecule has 0 spiro atoms. The summed E-state index contributed by atoms with van der Waals surface area (Å²) in [5, 5.41) is 10.7. The van der Waals surface area contributed by atoms with Crippen LogP contribution in [0, 0.1) is 5.82 Å². The maximum Gasteiger partial charge on any atom is 0.165 e. The monoisotopic (exact) mass is 299 g/mol. The molecule has 3 rings (SSSR count). The molecule has 0 atom stereocenters. The SMILES string of the molecule is CC(C)n1cc(COc2ccccc2F)c2ccc(O)cc21. The number of hydrogen-bond donors (Lipinski definition) is 1. The minimum Gasteiger partial charge on any atom is -0.508 e. The van der Waals surface area contributed by atoms with Crippen LogP contribution in [0.15, 0.2) is 48.7 Å². The fourth-order valence-electron chi connectivity index (χ4n) is 2.57. The van der Waals surface area contributed by atoms with E-state index in [-0.39, 0.29) is 30.0 Å². The van der Waals surface area contributed by atoms with Gasteiger partial charge in [-0.25, -0.2) is 4.39 Å². The topological polar surface area (TPSA) is 34.4 Å². The van der Waals surface area contributed by atoms with Gasteiger partial charge in [0, 0.05) is 29.3 Å². The zero-order valence-electron chi connectivity index (χ0n) is 12.6. The van der Waals surface area contributed by atoms with E-state index in [0.717, 1.165) is 16.5 Å². The summed E-state index contributed by atoms with van der Waals surface area (Å²) in [5.74, 6) is 0.105. The molecule has 22 heavy (non-hydrogen) atoms. The minimum atomic E-state index is -0.368. The van der Waals surface area contributed by atoms with E-state index >= 15 is 0 Å². The van der Waals surface area contributed by atoms with Crippen molar-refractivity contribution in [1.29, 1.82) is 0 Å². The zero-order valence-corrected chi connectivity index (χ0v) is 12.6. The van der Waals surface area contributed by atoms with Crippen LogP contribution in [0.5, 0.6) is 11.5 Å². The van der Waals surface area contributed by atoms with Crippen LogP contribution in [0.2, 0.25) is 0 Å². The molecule has 0 fully saturated rings. The Morgan fingerprint density at radius 3 is 2.68 bits per heavy atom. The van der Waals surface area contributed by atoms with Crippen LogP contribution in [-0.2, 0) is 6.61 Å². The summed E-state index contributed by atoms with van der Waals surface area (Å²) in [7, 11) is 0. The lowest BCUT2D eigenvalue weighted by Gasteiger charge is -2.08. The van der Waals surface area contributed by atoms with Crippen LogP contribution in [0.25, 0.3) is 10.9 Å². The number of phenols is 1. The molecule has 114 valence electrons. The van der Waals surface area contributed by atoms with E-state index in [1.807, 2.05) is 12.3 Å². The number of nitrogens with zero attached hydrogens (tertiary/aromatic N) is 1. The Bertz CT molecular complexity index is 808. The van der Waals surface area contributed by atoms with Gasteiger partial charge in [0.15, 0.2) is 11.6 Å². The first-order valence-corrected chi connectivity index (χ1v) is 7.26. The first-order chi connectivity index (χ1) is 10.6. The summed E-state index contributed by atoms with van der Waals surface area (Å²) < 4.78 is 21.3. The number of aromatic nitrogens is 1. The molecule has 3 nitrogen and oxygen atoms in total. The van der Waals surface area contributed by atoms with Crippen molar-refractivity contribution >= 4 is 10.9 Å². The number of fused-ring (bicyclic) bond motifs is 1. The molecule has 3 aromatic rings. The van der Waals surface area contributed by atoms with Gasteiger partial charge in [-0.3, -0.25) is 0 Å². The van der Waals surface area contributed by atoms with Crippen molar-refractivity contribution in [2.45, 2.75) is 26.5 Å². The zero-order chi connectivity index (χ0) is 15.7. The van der Waals surface area contributed by atoms with Crippen LogP contribution < -0.4 is 4.74 Å². The number of ether oxygens (including phenoxy) is 1. The molecule has 0 aliphatic rings. The molecule has 0 aliphatic carbocycles. The van der Waals surface area contributed by atoms with Gasteiger partial charge in [0.2, 0.25) is 0 Å². The van der Waals surface area contributed by atoms with Crippen molar-refractivity contribution in [3.63, 3.8) is 0 Å². The molecule has 0 unspecified atom stereocenters. The highest BCUT2D eigenvalue weighted by atomic mass is 19.1. The number of hydrogen-bond acceptors (Lipinski definition) is 2. The molecule has 1 N–H and O–H groups in total. The molecule has 0 radical (unpaired) electrons. The van der Waals surface area contributed by atoms with E-state index in [1.54, 1.807) is 30.3 Å². The van der Waals surface area contributed by atoms with Crippen molar-refractivity contribution < 1.29 is 14.2 Å². The van der Waals surface area contributed by atoms with Crippen molar-refractivity contribution in [3.8, 4) is 11.5 Å². The predicted octanol–water partition coefficient (Wildman–Crippen LogP) is 4.65. The molecule has 0 bridgehead atoms. The van der Waals surface area contributed by atoms with E-state index in [2.05, 4.69) is 18.4 Å². The maximum absolute atomic E-state index is 13.6. The van der Waals surface area contributed by atoms with Gasteiger partial charge in [-0.05, 0) is 38.1 Å². The number of para-hydroxylation sites is 1. The second-order valence-electron chi connectivity index (χ2n) is 5.58. The lowest BCUT2D eigenvalue weighted by atomic mass is 10.2. The van der Waals surface area contributed by atoms with Crippen molar-refractivity contribution in [1.82, 2.24) is 4.57 Å². The standard InChI is InChI=1S/C18H18FNO2/c1-12(2)20-10-13(15-8-7-14(21)9-17(15)20)11-22-18-6-4-3-5-16(18)19/h3-10,12,21H,11H2,1-2H3. The van der Waals surface area contributed by atoms with Crippen LogP contribution in [0.4, 0.5) is 4.39 Å². The molecule has 4 heteroatoms. The van der Waals surface area contributed by atoms with Crippen LogP contribution in [-0.4, -0.2) is 9.67 Å². The number of phenolic OH excluding ortho intramolecular Hbond substituents is 1. The number of benzene rings is 2. The number of aromatic hydroxyl groups is 1. The van der Waals surface area contributed by atoms with E-state index < -0.39 is 0 Å². The van der Waals surface area contributed by atoms with E-state index in [4.69, 9.17) is 4.74 Å². The molecule has 1 aromatic heterocycles. The van der Waals surface area contributed by atoms with Gasteiger partial charge in [0.05, 0.1) is 5.52 Å². The van der Waals surface area contributed by atoms with Gasteiger partial charge in [0.25, 0.3) is 0 Å². The molecule has 0 aliphatic heterocycles. The Labute approximate surface area is 128 Å². The second-order valence-corrected chi connectivity index (χ2v) is 5.58. The number of halogens is 1. The van der Waals surface area contributed by atoms with Crippen molar-refractivity contribution in [2.75, 3.05) is 0 Å². The third kappa shape index (κ3) is 2.64. The highest BCUT2D eigenvalue weighted by Crippen LogP contribution is 2.29. The molecule has 0 saturated carbocycles. The minimum absolute atomic E-state index is 0.231. The lowest BCUT2D eigenvalue weighted by Crippen LogP contribution is -1.99. The largest absolute Gasteiger partial charge is 0.508 e. The highest BCUT2D eigenvalue weighted by molar-refractivity contribution is 5.85. The van der Waals surface area contributed by atoms with Gasteiger partial charge in [-0.15, -0.1) is 0 Å². The van der Waals surface area contributed by atoms with Crippen molar-refractivity contribution in [3.05, 3.63) is 60.0 Å². The van der Waals surface area contributed by atoms with E-state index in [0.29, 0.717) is 0 Å². The Morgan fingerprint density at radius 2 is 1.95 bits per heavy atom. The molecule has 1 heterocycles. The summed E-state index contributed by atoms with van der Waals surface area (Å²) in [4.78, 5) is 0. The summed E-state index contributed by atoms with van der Waals surface area (Å²) in [6.07, 6.45) is 2.00. The van der Waals surface area contributed by atoms with Gasteiger partial charge in [-0.2, -0.15) is 0 Å². The average Bonchev–Trinajstić information content (AvgIpc) is 2.84. The molecule has 0 saturated heterocycles. The first-order valence-electron chi connectivity index (χ1n) is 7.26. The Balaban J connectivity index is 1.96. The summed E-state index contributed by atoms with van der Waals surface area (Å²) in [6, 6.07) is 11.9. The van der Waals surface area contributed by atoms with Crippen LogP contribution in [0.3, 0.4) is 0 Å².